The van der Waals surface area contributed by atoms with Gasteiger partial charge in [-0.2, -0.15) is 11.8 Å². The highest BCUT2D eigenvalue weighted by atomic mass is 32.2. The van der Waals surface area contributed by atoms with Gasteiger partial charge in [0, 0.05) is 87.8 Å². The van der Waals surface area contributed by atoms with Gasteiger partial charge >= 0.3 is 5.97 Å². The molecular weight excluding hydrogens is 877 g/mol. The lowest BCUT2D eigenvalue weighted by Gasteiger charge is -2.19. The molecule has 364 valence electrons. The lowest BCUT2D eigenvalue weighted by atomic mass is 9.84. The Balaban J connectivity index is 1.11. The normalized spacial score (nSPS) is 19.7. The second kappa shape index (κ2) is 23.2. The van der Waals surface area contributed by atoms with Gasteiger partial charge in [0.2, 0.25) is 5.91 Å². The maximum Gasteiger partial charge on any atom is 0.310 e. The molecule has 8 bridgehead atoms. The Morgan fingerprint density at radius 1 is 0.897 bits per heavy atom. The number of ether oxygens (including phenoxy) is 2. The third-order valence-corrected chi connectivity index (χ3v) is 16.3. The minimum absolute atomic E-state index is 0.0950. The summed E-state index contributed by atoms with van der Waals surface area (Å²) in [6.45, 7) is 15.6. The van der Waals surface area contributed by atoms with Gasteiger partial charge in [-0.25, -0.2) is 4.98 Å². The molecule has 0 aromatic carbocycles. The van der Waals surface area contributed by atoms with Crippen LogP contribution in [0.25, 0.3) is 39.3 Å². The number of ketones is 1. The van der Waals surface area contributed by atoms with Gasteiger partial charge in [-0.15, -0.1) is 0 Å². The molecule has 3 aromatic rings. The number of rotatable bonds is 23. The third-order valence-electron chi connectivity index (χ3n) is 14.7. The van der Waals surface area contributed by atoms with E-state index in [0.717, 1.165) is 114 Å². The standard InChI is InChI=1S/C54H70N6O7S/c1-8-37-31(3)41-26-43-33(5)39(20-17-23-67-30-61)52(58-43)40(25-49(64)66-7)53-50(34(6)44(59-53)28-46-38(9-2)32(4)42(57-46)27-45(37)56-41)54(65)55-22-16-12-10-11-13-18-36(62)19-14-15-21-47-51-35(29-68-47)24-48(63)60-51/h8,26-28,30,33,35,39,47,51,56-57H,1,9-25,29H2,2-7H3,(H,55,65)(H,60,63)/t33-,35?,39-,47-,51?/m0/s1. The summed E-state index contributed by atoms with van der Waals surface area (Å²) in [4.78, 5) is 81.4. The molecule has 14 heteroatoms. The van der Waals surface area contributed by atoms with Crippen molar-refractivity contribution in [2.24, 2.45) is 5.92 Å². The van der Waals surface area contributed by atoms with E-state index in [2.05, 4.69) is 67.0 Å². The number of aryl methyl sites for hydroxylation is 3. The summed E-state index contributed by atoms with van der Waals surface area (Å²) >= 11 is 1.97. The van der Waals surface area contributed by atoms with Crippen molar-refractivity contribution in [3.63, 3.8) is 0 Å². The summed E-state index contributed by atoms with van der Waals surface area (Å²) in [5.74, 6) is 1.02. The first-order valence-corrected chi connectivity index (χ1v) is 25.8. The molecule has 7 rings (SSSR count). The molecule has 0 radical (unpaired) electrons. The number of thioether (sulfide) groups is 1. The Hall–Kier alpha value is -5.50. The lowest BCUT2D eigenvalue weighted by Crippen LogP contribution is -2.34. The topological polar surface area (TPSA) is 185 Å². The van der Waals surface area contributed by atoms with Gasteiger partial charge < -0.3 is 30.1 Å². The van der Waals surface area contributed by atoms with Crippen LogP contribution in [0.5, 0.6) is 0 Å². The first-order valence-electron chi connectivity index (χ1n) is 24.8. The van der Waals surface area contributed by atoms with Gasteiger partial charge in [-0.1, -0.05) is 52.2 Å². The number of allylic oxidation sites excluding steroid dienone is 1. The fourth-order valence-electron chi connectivity index (χ4n) is 10.7. The van der Waals surface area contributed by atoms with Crippen LogP contribution in [0.2, 0.25) is 0 Å². The highest BCUT2D eigenvalue weighted by Crippen LogP contribution is 2.44. The Morgan fingerprint density at radius 3 is 2.38 bits per heavy atom. The van der Waals surface area contributed by atoms with Crippen LogP contribution >= 0.6 is 11.8 Å². The average Bonchev–Trinajstić information content (AvgIpc) is 4.15. The smallest absolute Gasteiger partial charge is 0.310 e. The molecule has 2 unspecified atom stereocenters. The highest BCUT2D eigenvalue weighted by molar-refractivity contribution is 8.00. The van der Waals surface area contributed by atoms with Crippen molar-refractivity contribution in [3.05, 3.63) is 75.4 Å². The van der Waals surface area contributed by atoms with E-state index in [1.54, 1.807) is 0 Å². The van der Waals surface area contributed by atoms with Crippen LogP contribution in [0.3, 0.4) is 0 Å². The number of carbonyl (C=O) groups is 5. The van der Waals surface area contributed by atoms with Gasteiger partial charge in [0.05, 0.1) is 42.8 Å². The van der Waals surface area contributed by atoms with Crippen LogP contribution < -0.4 is 10.6 Å². The van der Waals surface area contributed by atoms with E-state index >= 15 is 0 Å². The van der Waals surface area contributed by atoms with E-state index in [1.807, 2.05) is 30.8 Å². The van der Waals surface area contributed by atoms with E-state index < -0.39 is 5.97 Å². The molecule has 4 aliphatic rings. The lowest BCUT2D eigenvalue weighted by molar-refractivity contribution is -0.140. The fraction of sp³-hybridized carbons (Fsp3) is 0.537. The van der Waals surface area contributed by atoms with Gasteiger partial charge in [-0.05, 0) is 118 Å². The summed E-state index contributed by atoms with van der Waals surface area (Å²) in [6.07, 6.45) is 13.0. The molecule has 2 fully saturated rings. The van der Waals surface area contributed by atoms with Crippen LogP contribution in [-0.4, -0.2) is 87.3 Å². The second-order valence-corrected chi connectivity index (χ2v) is 20.3. The number of methoxy groups -OCH3 is 1. The number of fused-ring (bicyclic) bond motifs is 9. The summed E-state index contributed by atoms with van der Waals surface area (Å²) in [5, 5.41) is 6.82. The second-order valence-electron chi connectivity index (χ2n) is 19.0. The summed E-state index contributed by atoms with van der Waals surface area (Å²) in [7, 11) is 1.36. The first kappa shape index (κ1) is 50.4. The van der Waals surface area contributed by atoms with Crippen LogP contribution in [0.4, 0.5) is 0 Å². The monoisotopic (exact) mass is 947 g/mol. The van der Waals surface area contributed by atoms with Crippen LogP contribution in [-0.2, 0) is 46.3 Å². The molecule has 7 heterocycles. The Labute approximate surface area is 404 Å². The number of nitrogens with one attached hydrogen (secondary N) is 4. The Morgan fingerprint density at radius 2 is 1.63 bits per heavy atom. The minimum atomic E-state index is -0.476. The summed E-state index contributed by atoms with van der Waals surface area (Å²) < 4.78 is 10.4. The minimum Gasteiger partial charge on any atom is -0.469 e. The SMILES string of the molecule is C=Cc1c(C)c2cc3nc(c(CC(=O)OC)c4nc(cc5[nH]c(cc1[nH]2)c(C)c5CC)C(C)=C4C(=O)NCCCCCCCC(=O)CCCC[C@@H]1SCC2CC(=O)NC21)[C@@H](CCCOC=O)[C@@H]3C. The molecule has 0 spiro atoms. The van der Waals surface area contributed by atoms with Crippen molar-refractivity contribution in [1.82, 2.24) is 30.6 Å². The number of carbonyl (C=O) groups excluding carboxylic acids is 5. The zero-order valence-electron chi connectivity index (χ0n) is 40.9. The van der Waals surface area contributed by atoms with Crippen molar-refractivity contribution in [2.45, 2.75) is 154 Å². The van der Waals surface area contributed by atoms with Crippen molar-refractivity contribution >= 4 is 81.1 Å². The number of aromatic nitrogens is 4. The summed E-state index contributed by atoms with van der Waals surface area (Å²) in [5.41, 5.74) is 12.1. The van der Waals surface area contributed by atoms with Crippen LogP contribution in [0, 0.1) is 19.8 Å². The van der Waals surface area contributed by atoms with E-state index in [1.165, 1.54) is 7.11 Å². The number of Topliss-reactive ketones (excluding diaryl/α,β-unsaturated/α-hetero) is 1. The van der Waals surface area contributed by atoms with Gasteiger partial charge in [0.1, 0.15) is 5.78 Å². The van der Waals surface area contributed by atoms with Crippen LogP contribution in [0.15, 0.2) is 24.8 Å². The molecule has 13 nitrogen and oxygen atoms in total. The maximum absolute atomic E-state index is 14.6. The average molecular weight is 947 g/mol. The van der Waals surface area contributed by atoms with E-state index in [4.69, 9.17) is 19.4 Å². The molecule has 0 aliphatic carbocycles. The number of hydrogen-bond acceptors (Lipinski definition) is 10. The van der Waals surface area contributed by atoms with E-state index in [0.29, 0.717) is 102 Å². The van der Waals surface area contributed by atoms with Crippen molar-refractivity contribution in [3.8, 4) is 0 Å². The predicted molar refractivity (Wildman–Crippen MR) is 271 cm³/mol. The summed E-state index contributed by atoms with van der Waals surface area (Å²) in [6, 6.07) is 6.51. The van der Waals surface area contributed by atoms with Gasteiger partial charge in [0.15, 0.2) is 0 Å². The van der Waals surface area contributed by atoms with Crippen molar-refractivity contribution in [2.75, 3.05) is 26.0 Å². The Bertz CT molecular complexity index is 2610. The highest BCUT2D eigenvalue weighted by Gasteiger charge is 2.43. The number of nitrogens with zero attached hydrogens (tertiary/aromatic N) is 2. The maximum atomic E-state index is 14.6. The van der Waals surface area contributed by atoms with Gasteiger partial charge in [-0.3, -0.25) is 29.0 Å². The zero-order chi connectivity index (χ0) is 48.5. The molecule has 2 saturated heterocycles. The number of esters is 1. The molecule has 5 atom stereocenters. The van der Waals surface area contributed by atoms with Crippen LogP contribution in [0.1, 0.15) is 167 Å². The van der Waals surface area contributed by atoms with Crippen molar-refractivity contribution in [1.29, 1.82) is 0 Å². The van der Waals surface area contributed by atoms with E-state index in [-0.39, 0.29) is 36.7 Å². The largest absolute Gasteiger partial charge is 0.469 e. The quantitative estimate of drug-likeness (QED) is 0.0405. The number of amides is 2. The number of H-pyrrole nitrogens is 2. The number of hydrogen-bond donors (Lipinski definition) is 4. The molecule has 2 amide bonds. The molecular formula is C54H70N6O7S. The number of unbranched alkanes of at least 4 members (excludes halogenated alkanes) is 5. The van der Waals surface area contributed by atoms with Crippen molar-refractivity contribution < 1.29 is 33.4 Å². The molecule has 4 aliphatic heterocycles. The zero-order valence-corrected chi connectivity index (χ0v) is 41.7. The predicted octanol–water partition coefficient (Wildman–Crippen LogP) is 9.83. The number of aromatic amines is 2. The van der Waals surface area contributed by atoms with Gasteiger partial charge in [0.25, 0.3) is 12.4 Å². The third kappa shape index (κ3) is 11.3. The van der Waals surface area contributed by atoms with E-state index in [9.17, 15) is 24.0 Å². The first-order chi connectivity index (χ1) is 32.9. The molecule has 3 aromatic heterocycles. The molecule has 68 heavy (non-hydrogen) atoms. The fourth-order valence-corrected chi connectivity index (χ4v) is 12.4. The molecule has 4 N–H and O–H groups in total. The molecule has 0 saturated carbocycles. The Kier molecular flexibility index (Phi) is 17.2.